The van der Waals surface area contributed by atoms with E-state index in [4.69, 9.17) is 4.74 Å². The molecule has 2 aromatic heterocycles. The Balaban J connectivity index is 1.59. The average molecular weight is 421 g/mol. The fourth-order valence-electron chi connectivity index (χ4n) is 2.53. The molecule has 0 bridgehead atoms. The number of alkyl halides is 3. The molecule has 0 unspecified atom stereocenters. The number of hydrogen-bond acceptors (Lipinski definition) is 7. The zero-order valence-corrected chi connectivity index (χ0v) is 16.1. The highest BCUT2D eigenvalue weighted by molar-refractivity contribution is 5.95. The minimum Gasteiger partial charge on any atom is -0.495 e. The molecule has 0 aliphatic carbocycles. The fourth-order valence-corrected chi connectivity index (χ4v) is 2.53. The molecule has 2 heterocycles. The second-order valence-electron chi connectivity index (χ2n) is 6.24. The number of hydrogen-bond donors (Lipinski definition) is 1. The molecule has 1 aromatic carbocycles. The molecule has 3 rings (SSSR count). The lowest BCUT2D eigenvalue weighted by Gasteiger charge is -2.18. The third-order valence-corrected chi connectivity index (χ3v) is 4.13. The summed E-state index contributed by atoms with van der Waals surface area (Å²) in [6.07, 6.45) is -3.14. The first kappa shape index (κ1) is 21.1. The van der Waals surface area contributed by atoms with Crippen LogP contribution in [-0.2, 0) is 6.18 Å². The summed E-state index contributed by atoms with van der Waals surface area (Å²) in [5.74, 6) is -0.716. The number of benzene rings is 1. The topological polar surface area (TPSA) is 93.4 Å². The van der Waals surface area contributed by atoms with Crippen molar-refractivity contribution < 1.29 is 27.2 Å². The predicted octanol–water partition coefficient (Wildman–Crippen LogP) is 3.03. The molecule has 1 amide bonds. The van der Waals surface area contributed by atoms with Crippen LogP contribution in [0.3, 0.4) is 0 Å². The van der Waals surface area contributed by atoms with Crippen molar-refractivity contribution in [1.29, 1.82) is 0 Å². The first-order valence-corrected chi connectivity index (χ1v) is 8.78. The van der Waals surface area contributed by atoms with E-state index in [1.54, 1.807) is 31.5 Å². The average Bonchev–Trinajstić information content (AvgIpc) is 3.25. The van der Waals surface area contributed by atoms with Crippen LogP contribution in [0.25, 0.3) is 11.4 Å². The monoisotopic (exact) mass is 421 g/mol. The summed E-state index contributed by atoms with van der Waals surface area (Å²) in [4.78, 5) is 21.8. The maximum absolute atomic E-state index is 12.6. The maximum Gasteiger partial charge on any atom is 0.471 e. The summed E-state index contributed by atoms with van der Waals surface area (Å²) in [5.41, 5.74) is 0.498. The quantitative estimate of drug-likeness (QED) is 0.627. The zero-order valence-electron chi connectivity index (χ0n) is 16.1. The number of rotatable bonds is 7. The number of anilines is 1. The van der Waals surface area contributed by atoms with Gasteiger partial charge in [-0.3, -0.25) is 4.79 Å². The number of nitrogens with zero attached hydrogens (tertiary/aromatic N) is 4. The van der Waals surface area contributed by atoms with E-state index in [9.17, 15) is 18.0 Å². The minimum absolute atomic E-state index is 0.237. The smallest absolute Gasteiger partial charge is 0.471 e. The fraction of sp³-hybridized carbons (Fsp3) is 0.263. The molecule has 3 aromatic rings. The maximum atomic E-state index is 12.6. The second kappa shape index (κ2) is 8.80. The largest absolute Gasteiger partial charge is 0.495 e. The molecule has 0 aliphatic heterocycles. The Kier molecular flexibility index (Phi) is 6.19. The number of likely N-dealkylation sites (N-methyl/N-ethyl adjacent to an activating group) is 1. The molecule has 0 radical (unpaired) electrons. The van der Waals surface area contributed by atoms with Gasteiger partial charge in [-0.15, -0.1) is 0 Å². The molecule has 0 aliphatic rings. The molecule has 8 nitrogen and oxygen atoms in total. The summed E-state index contributed by atoms with van der Waals surface area (Å²) in [5, 5.41) is 6.08. The van der Waals surface area contributed by atoms with E-state index >= 15 is 0 Å². The van der Waals surface area contributed by atoms with Crippen molar-refractivity contribution >= 4 is 11.7 Å². The third kappa shape index (κ3) is 5.04. The second-order valence-corrected chi connectivity index (χ2v) is 6.24. The van der Waals surface area contributed by atoms with E-state index in [1.807, 2.05) is 11.9 Å². The minimum atomic E-state index is -4.73. The first-order valence-electron chi connectivity index (χ1n) is 8.78. The van der Waals surface area contributed by atoms with Crippen LogP contribution >= 0.6 is 0 Å². The Bertz CT molecular complexity index is 1010. The van der Waals surface area contributed by atoms with Crippen LogP contribution in [0, 0.1) is 0 Å². The molecule has 0 saturated heterocycles. The summed E-state index contributed by atoms with van der Waals surface area (Å²) in [7, 11) is 3.38. The van der Waals surface area contributed by atoms with Crippen molar-refractivity contribution in [2.24, 2.45) is 0 Å². The van der Waals surface area contributed by atoms with Crippen molar-refractivity contribution in [3.05, 3.63) is 54.0 Å². The number of aromatic nitrogens is 3. The van der Waals surface area contributed by atoms with Gasteiger partial charge in [-0.05, 0) is 24.3 Å². The molecule has 11 heteroatoms. The summed E-state index contributed by atoms with van der Waals surface area (Å²) in [6.45, 7) is 0.818. The van der Waals surface area contributed by atoms with Gasteiger partial charge >= 0.3 is 12.1 Å². The molecule has 1 N–H and O–H groups in total. The molecular weight excluding hydrogens is 403 g/mol. The molecule has 0 atom stereocenters. The van der Waals surface area contributed by atoms with Gasteiger partial charge in [0, 0.05) is 31.3 Å². The van der Waals surface area contributed by atoms with Gasteiger partial charge in [0.2, 0.25) is 5.82 Å². The van der Waals surface area contributed by atoms with Crippen LogP contribution in [0.4, 0.5) is 19.0 Å². The predicted molar refractivity (Wildman–Crippen MR) is 101 cm³/mol. The van der Waals surface area contributed by atoms with Gasteiger partial charge in [0.25, 0.3) is 5.91 Å². The van der Waals surface area contributed by atoms with Gasteiger partial charge in [0.15, 0.2) is 0 Å². The van der Waals surface area contributed by atoms with E-state index < -0.39 is 12.1 Å². The van der Waals surface area contributed by atoms with E-state index in [-0.39, 0.29) is 22.9 Å². The van der Waals surface area contributed by atoms with Gasteiger partial charge in [0.1, 0.15) is 11.6 Å². The van der Waals surface area contributed by atoms with Gasteiger partial charge in [-0.25, -0.2) is 4.98 Å². The van der Waals surface area contributed by atoms with E-state index in [0.29, 0.717) is 24.7 Å². The molecule has 30 heavy (non-hydrogen) atoms. The SMILES string of the molecule is COc1ccc(N(C)CCNC(=O)c2cccc(-c3noc(C(F)(F)F)n3)c2)nc1. The van der Waals surface area contributed by atoms with Gasteiger partial charge in [0.05, 0.1) is 13.3 Å². The highest BCUT2D eigenvalue weighted by Gasteiger charge is 2.38. The van der Waals surface area contributed by atoms with Gasteiger partial charge < -0.3 is 19.5 Å². The first-order chi connectivity index (χ1) is 14.3. The number of ether oxygens (including phenoxy) is 1. The van der Waals surface area contributed by atoms with Gasteiger partial charge in [-0.1, -0.05) is 17.3 Å². The van der Waals surface area contributed by atoms with Crippen molar-refractivity contribution in [3.63, 3.8) is 0 Å². The summed E-state index contributed by atoms with van der Waals surface area (Å²) >= 11 is 0. The van der Waals surface area contributed by atoms with E-state index in [0.717, 1.165) is 0 Å². The number of carbonyl (C=O) groups excluding carboxylic acids is 1. The number of amides is 1. The number of carbonyl (C=O) groups is 1. The summed E-state index contributed by atoms with van der Waals surface area (Å²) in [6, 6.07) is 9.54. The number of nitrogens with one attached hydrogen (secondary N) is 1. The Morgan fingerprint density at radius 3 is 2.70 bits per heavy atom. The zero-order chi connectivity index (χ0) is 21.7. The standard InChI is InChI=1S/C19H18F3N5O3/c1-27(15-7-6-14(29-2)11-24-15)9-8-23-17(28)13-5-3-4-12(10-13)16-25-18(30-26-16)19(20,21)22/h3-7,10-11H,8-9H2,1-2H3,(H,23,28). The van der Waals surface area contributed by atoms with Crippen LogP contribution in [0.5, 0.6) is 5.75 Å². The van der Waals surface area contributed by atoms with E-state index in [1.165, 1.54) is 18.2 Å². The highest BCUT2D eigenvalue weighted by Crippen LogP contribution is 2.29. The normalized spacial score (nSPS) is 11.2. The number of methoxy groups -OCH3 is 1. The van der Waals surface area contributed by atoms with Crippen molar-refractivity contribution in [1.82, 2.24) is 20.4 Å². The molecule has 0 fully saturated rings. The molecular formula is C19H18F3N5O3. The lowest BCUT2D eigenvalue weighted by atomic mass is 10.1. The third-order valence-electron chi connectivity index (χ3n) is 4.13. The Hall–Kier alpha value is -3.63. The van der Waals surface area contributed by atoms with Crippen molar-refractivity contribution in [2.75, 3.05) is 32.1 Å². The van der Waals surface area contributed by atoms with Crippen molar-refractivity contribution in [3.8, 4) is 17.1 Å². The van der Waals surface area contributed by atoms with Crippen molar-refractivity contribution in [2.45, 2.75) is 6.18 Å². The van der Waals surface area contributed by atoms with Crippen LogP contribution < -0.4 is 15.0 Å². The Labute approximate surface area is 169 Å². The van der Waals surface area contributed by atoms with Crippen LogP contribution in [0.1, 0.15) is 16.2 Å². The van der Waals surface area contributed by atoms with E-state index in [2.05, 4.69) is 25.0 Å². The molecule has 0 saturated carbocycles. The molecule has 158 valence electrons. The highest BCUT2D eigenvalue weighted by atomic mass is 19.4. The van der Waals surface area contributed by atoms with Crippen LogP contribution in [0.15, 0.2) is 47.1 Å². The number of halogens is 3. The summed E-state index contributed by atoms with van der Waals surface area (Å²) < 4.78 is 47.1. The Morgan fingerprint density at radius 2 is 2.07 bits per heavy atom. The number of pyridine rings is 1. The Morgan fingerprint density at radius 1 is 1.27 bits per heavy atom. The van der Waals surface area contributed by atoms with Gasteiger partial charge in [-0.2, -0.15) is 18.2 Å². The van der Waals surface area contributed by atoms with Crippen LogP contribution in [0.2, 0.25) is 0 Å². The lowest BCUT2D eigenvalue weighted by molar-refractivity contribution is -0.159. The molecule has 0 spiro atoms. The van der Waals surface area contributed by atoms with Crippen LogP contribution in [-0.4, -0.2) is 48.3 Å². The lowest BCUT2D eigenvalue weighted by Crippen LogP contribution is -2.33.